The van der Waals surface area contributed by atoms with Gasteiger partial charge in [0, 0.05) is 29.4 Å². The van der Waals surface area contributed by atoms with Crippen LogP contribution in [0.15, 0.2) is 42.2 Å². The van der Waals surface area contributed by atoms with Crippen molar-refractivity contribution in [3.8, 4) is 11.5 Å². The third-order valence-electron chi connectivity index (χ3n) is 3.46. The largest absolute Gasteiger partial charge is 0.322 e. The maximum atomic E-state index is 4.65. The van der Waals surface area contributed by atoms with Gasteiger partial charge in [0.1, 0.15) is 11.5 Å². The third-order valence-corrected chi connectivity index (χ3v) is 4.50. The molecule has 4 nitrogen and oxygen atoms in total. The van der Waals surface area contributed by atoms with Crippen LogP contribution in [-0.4, -0.2) is 19.5 Å². The Morgan fingerprint density at radius 1 is 1.10 bits per heavy atom. The Bertz CT molecular complexity index is 715. The molecule has 21 heavy (non-hydrogen) atoms. The lowest BCUT2D eigenvalue weighted by molar-refractivity contribution is 0.654. The monoisotopic (exact) mass is 298 g/mol. The van der Waals surface area contributed by atoms with Crippen molar-refractivity contribution in [2.45, 2.75) is 32.7 Å². The molecule has 3 aromatic heterocycles. The maximum Gasteiger partial charge on any atom is 0.159 e. The lowest BCUT2D eigenvalue weighted by Gasteiger charge is -2.15. The highest BCUT2D eigenvalue weighted by molar-refractivity contribution is 7.10. The van der Waals surface area contributed by atoms with Gasteiger partial charge in [0.15, 0.2) is 5.82 Å². The molecule has 5 heteroatoms. The first-order chi connectivity index (χ1) is 10.2. The summed E-state index contributed by atoms with van der Waals surface area (Å²) in [5.74, 6) is 2.05. The number of imidazole rings is 1. The first-order valence-electron chi connectivity index (χ1n) is 7.06. The number of nitrogens with zero attached hydrogens (tertiary/aromatic N) is 4. The minimum Gasteiger partial charge on any atom is -0.322 e. The van der Waals surface area contributed by atoms with Crippen LogP contribution < -0.4 is 0 Å². The summed E-state index contributed by atoms with van der Waals surface area (Å²) < 4.78 is 2.16. The Morgan fingerprint density at radius 2 is 1.95 bits per heavy atom. The predicted molar refractivity (Wildman–Crippen MR) is 85.5 cm³/mol. The first kappa shape index (κ1) is 13.9. The fourth-order valence-corrected chi connectivity index (χ4v) is 3.05. The molecule has 108 valence electrons. The molecular weight excluding hydrogens is 280 g/mol. The third kappa shape index (κ3) is 2.74. The molecular formula is C16H18N4S. The summed E-state index contributed by atoms with van der Waals surface area (Å²) in [4.78, 5) is 14.8. The van der Waals surface area contributed by atoms with E-state index < -0.39 is 0 Å². The summed E-state index contributed by atoms with van der Waals surface area (Å²) in [6, 6.07) is 6.40. The smallest absolute Gasteiger partial charge is 0.159 e. The van der Waals surface area contributed by atoms with Crippen LogP contribution >= 0.6 is 11.3 Å². The Balaban J connectivity index is 2.01. The van der Waals surface area contributed by atoms with Crippen molar-refractivity contribution in [2.24, 2.45) is 0 Å². The first-order valence-corrected chi connectivity index (χ1v) is 7.94. The van der Waals surface area contributed by atoms with Crippen molar-refractivity contribution in [3.63, 3.8) is 0 Å². The average Bonchev–Trinajstić information content (AvgIpc) is 3.18. The molecule has 0 aliphatic heterocycles. The van der Waals surface area contributed by atoms with Gasteiger partial charge in [-0.15, -0.1) is 11.3 Å². The van der Waals surface area contributed by atoms with Crippen molar-refractivity contribution in [1.29, 1.82) is 0 Å². The molecule has 3 rings (SSSR count). The highest BCUT2D eigenvalue weighted by atomic mass is 32.1. The van der Waals surface area contributed by atoms with Crippen molar-refractivity contribution < 1.29 is 0 Å². The summed E-state index contributed by atoms with van der Waals surface area (Å²) in [5.41, 5.74) is 0.877. The molecule has 0 fully saturated rings. The normalized spacial score (nSPS) is 12.8. The van der Waals surface area contributed by atoms with Gasteiger partial charge in [0.25, 0.3) is 0 Å². The van der Waals surface area contributed by atoms with Crippen molar-refractivity contribution >= 4 is 11.3 Å². The predicted octanol–water partition coefficient (Wildman–Crippen LogP) is 4.13. The van der Waals surface area contributed by atoms with Crippen LogP contribution in [0.4, 0.5) is 0 Å². The van der Waals surface area contributed by atoms with Gasteiger partial charge < -0.3 is 4.57 Å². The van der Waals surface area contributed by atoms with Gasteiger partial charge in [-0.25, -0.2) is 15.0 Å². The van der Waals surface area contributed by atoms with E-state index >= 15 is 0 Å². The molecule has 1 atom stereocenters. The lowest BCUT2D eigenvalue weighted by Crippen LogP contribution is -2.08. The van der Waals surface area contributed by atoms with Gasteiger partial charge in [0.05, 0.1) is 6.04 Å². The molecule has 0 spiro atoms. The molecule has 0 radical (unpaired) electrons. The van der Waals surface area contributed by atoms with E-state index in [0.717, 1.165) is 17.3 Å². The topological polar surface area (TPSA) is 43.6 Å². The molecule has 0 saturated carbocycles. The Kier molecular flexibility index (Phi) is 3.84. The Morgan fingerprint density at radius 3 is 2.67 bits per heavy atom. The van der Waals surface area contributed by atoms with Crippen LogP contribution in [0.25, 0.3) is 11.5 Å². The van der Waals surface area contributed by atoms with Crippen LogP contribution in [0.1, 0.15) is 43.4 Å². The second-order valence-corrected chi connectivity index (χ2v) is 6.28. The fraction of sp³-hybridized carbons (Fsp3) is 0.312. The van der Waals surface area contributed by atoms with Crippen LogP contribution in [0.2, 0.25) is 0 Å². The Hall–Kier alpha value is -2.01. The number of thiophene rings is 1. The molecule has 0 aromatic carbocycles. The standard InChI is InChI=1S/C16H18N4S/c1-11(2)15-17-7-6-13(19-15)16-18-8-9-20(16)12(3)14-5-4-10-21-14/h4-12H,1-3H3/t12-/m0/s1. The van der Waals surface area contributed by atoms with E-state index in [-0.39, 0.29) is 6.04 Å². The number of hydrogen-bond donors (Lipinski definition) is 0. The highest BCUT2D eigenvalue weighted by Crippen LogP contribution is 2.27. The zero-order valence-corrected chi connectivity index (χ0v) is 13.2. The van der Waals surface area contributed by atoms with Crippen LogP contribution in [0.3, 0.4) is 0 Å². The summed E-state index contributed by atoms with van der Waals surface area (Å²) in [5, 5.41) is 2.10. The van der Waals surface area contributed by atoms with E-state index in [1.807, 2.05) is 24.7 Å². The van der Waals surface area contributed by atoms with E-state index in [1.54, 1.807) is 11.3 Å². The van der Waals surface area contributed by atoms with Crippen molar-refractivity contribution in [1.82, 2.24) is 19.5 Å². The van der Waals surface area contributed by atoms with E-state index in [9.17, 15) is 0 Å². The quantitative estimate of drug-likeness (QED) is 0.727. The summed E-state index contributed by atoms with van der Waals surface area (Å²) >= 11 is 1.76. The van der Waals surface area contributed by atoms with Gasteiger partial charge in [-0.3, -0.25) is 0 Å². The summed E-state index contributed by atoms with van der Waals surface area (Å²) in [6.07, 6.45) is 5.65. The van der Waals surface area contributed by atoms with Gasteiger partial charge in [0.2, 0.25) is 0 Å². The molecule has 3 aromatic rings. The van der Waals surface area contributed by atoms with Crippen molar-refractivity contribution in [3.05, 3.63) is 52.9 Å². The zero-order valence-electron chi connectivity index (χ0n) is 12.4. The lowest BCUT2D eigenvalue weighted by atomic mass is 10.2. The van der Waals surface area contributed by atoms with E-state index in [2.05, 4.69) is 57.8 Å². The molecule has 0 unspecified atom stereocenters. The number of hydrogen-bond acceptors (Lipinski definition) is 4. The van der Waals surface area contributed by atoms with Gasteiger partial charge in [-0.05, 0) is 24.4 Å². The molecule has 0 bridgehead atoms. The second-order valence-electron chi connectivity index (χ2n) is 5.30. The minimum absolute atomic E-state index is 0.250. The number of aromatic nitrogens is 4. The van der Waals surface area contributed by atoms with Gasteiger partial charge in [-0.1, -0.05) is 19.9 Å². The molecule has 0 aliphatic carbocycles. The molecule has 0 saturated heterocycles. The van der Waals surface area contributed by atoms with E-state index in [1.165, 1.54) is 4.88 Å². The van der Waals surface area contributed by atoms with Gasteiger partial charge in [-0.2, -0.15) is 0 Å². The fourth-order valence-electron chi connectivity index (χ4n) is 2.27. The zero-order chi connectivity index (χ0) is 14.8. The second kappa shape index (κ2) is 5.77. The number of rotatable bonds is 4. The highest BCUT2D eigenvalue weighted by Gasteiger charge is 2.16. The summed E-state index contributed by atoms with van der Waals surface area (Å²) in [7, 11) is 0. The van der Waals surface area contributed by atoms with E-state index in [0.29, 0.717) is 5.92 Å². The molecule has 3 heterocycles. The Labute approximate surface area is 128 Å². The van der Waals surface area contributed by atoms with Crippen LogP contribution in [-0.2, 0) is 0 Å². The van der Waals surface area contributed by atoms with Gasteiger partial charge >= 0.3 is 0 Å². The van der Waals surface area contributed by atoms with Crippen molar-refractivity contribution in [2.75, 3.05) is 0 Å². The molecule has 0 N–H and O–H groups in total. The minimum atomic E-state index is 0.250. The SMILES string of the molecule is CC(C)c1nccc(-c2nccn2[C@@H](C)c2cccs2)n1. The maximum absolute atomic E-state index is 4.65. The average molecular weight is 298 g/mol. The summed E-state index contributed by atoms with van der Waals surface area (Å²) in [6.45, 7) is 6.38. The van der Waals surface area contributed by atoms with Crippen LogP contribution in [0, 0.1) is 0 Å². The van der Waals surface area contributed by atoms with E-state index in [4.69, 9.17) is 0 Å². The molecule has 0 aliphatic rings. The van der Waals surface area contributed by atoms with Crippen LogP contribution in [0.5, 0.6) is 0 Å². The molecule has 0 amide bonds.